The van der Waals surface area contributed by atoms with Crippen LogP contribution in [0.1, 0.15) is 11.1 Å². The molecule has 2 aliphatic rings. The molecule has 1 aromatic rings. The number of ether oxygens (including phenoxy) is 2. The number of nitrogens with zero attached hydrogens (tertiary/aromatic N) is 1. The Morgan fingerprint density at radius 2 is 2.32 bits per heavy atom. The monoisotopic (exact) mass is 263 g/mol. The van der Waals surface area contributed by atoms with E-state index in [0.717, 1.165) is 31.9 Å². The van der Waals surface area contributed by atoms with Gasteiger partial charge in [0.25, 0.3) is 0 Å². The standard InChI is InChI=1S/C14H17NO4/c16-14(17)13-9-15(4-6-19-13)8-10-1-2-12-11(7-10)3-5-18-12/h1-2,7,13H,3-6,8-9H2,(H,16,17)/t13-/m0/s1. The highest BCUT2D eigenvalue weighted by molar-refractivity contribution is 5.72. The van der Waals surface area contributed by atoms with Gasteiger partial charge in [0.15, 0.2) is 6.10 Å². The molecule has 19 heavy (non-hydrogen) atoms. The minimum atomic E-state index is -0.882. The van der Waals surface area contributed by atoms with Crippen LogP contribution in [0.5, 0.6) is 5.75 Å². The highest BCUT2D eigenvalue weighted by Crippen LogP contribution is 2.26. The summed E-state index contributed by atoms with van der Waals surface area (Å²) in [5, 5.41) is 8.98. The largest absolute Gasteiger partial charge is 0.493 e. The zero-order valence-corrected chi connectivity index (χ0v) is 10.7. The highest BCUT2D eigenvalue weighted by Gasteiger charge is 2.26. The zero-order valence-electron chi connectivity index (χ0n) is 10.7. The summed E-state index contributed by atoms with van der Waals surface area (Å²) in [5.41, 5.74) is 2.45. The Morgan fingerprint density at radius 3 is 3.16 bits per heavy atom. The van der Waals surface area contributed by atoms with E-state index in [1.165, 1.54) is 11.1 Å². The average Bonchev–Trinajstić information content (AvgIpc) is 2.86. The maximum Gasteiger partial charge on any atom is 0.334 e. The third-order valence-electron chi connectivity index (χ3n) is 3.59. The van der Waals surface area contributed by atoms with E-state index in [9.17, 15) is 4.79 Å². The summed E-state index contributed by atoms with van der Waals surface area (Å²) < 4.78 is 10.7. The molecule has 1 saturated heterocycles. The Labute approximate surface area is 111 Å². The number of hydrogen-bond donors (Lipinski definition) is 1. The SMILES string of the molecule is O=C(O)[C@@H]1CN(Cc2ccc3c(c2)CCO3)CCO1. The molecule has 3 rings (SSSR count). The van der Waals surface area contributed by atoms with Crippen molar-refractivity contribution in [2.24, 2.45) is 0 Å². The predicted octanol–water partition coefficient (Wildman–Crippen LogP) is 0.907. The molecule has 0 radical (unpaired) electrons. The van der Waals surface area contributed by atoms with Gasteiger partial charge in [0.1, 0.15) is 5.75 Å². The highest BCUT2D eigenvalue weighted by atomic mass is 16.5. The van der Waals surface area contributed by atoms with E-state index < -0.39 is 12.1 Å². The van der Waals surface area contributed by atoms with Gasteiger partial charge >= 0.3 is 5.97 Å². The molecule has 0 bridgehead atoms. The minimum absolute atomic E-state index is 0.447. The van der Waals surface area contributed by atoms with Crippen LogP contribution in [0.25, 0.3) is 0 Å². The van der Waals surface area contributed by atoms with Crippen LogP contribution in [0.2, 0.25) is 0 Å². The molecule has 2 heterocycles. The second kappa shape index (κ2) is 5.19. The van der Waals surface area contributed by atoms with Crippen molar-refractivity contribution in [3.8, 4) is 5.75 Å². The van der Waals surface area contributed by atoms with Crippen molar-refractivity contribution < 1.29 is 19.4 Å². The third kappa shape index (κ3) is 2.72. The molecular formula is C14H17NO4. The van der Waals surface area contributed by atoms with Gasteiger partial charge < -0.3 is 14.6 Å². The molecule has 0 saturated carbocycles. The fourth-order valence-electron chi connectivity index (χ4n) is 2.59. The number of morpholine rings is 1. The van der Waals surface area contributed by atoms with E-state index in [4.69, 9.17) is 14.6 Å². The number of carboxylic acids is 1. The van der Waals surface area contributed by atoms with Gasteiger partial charge in [-0.1, -0.05) is 12.1 Å². The Hall–Kier alpha value is -1.59. The quantitative estimate of drug-likeness (QED) is 0.878. The summed E-state index contributed by atoms with van der Waals surface area (Å²) in [4.78, 5) is 13.1. The Kier molecular flexibility index (Phi) is 3.40. The Morgan fingerprint density at radius 1 is 1.42 bits per heavy atom. The van der Waals surface area contributed by atoms with Crippen LogP contribution < -0.4 is 4.74 Å². The lowest BCUT2D eigenvalue weighted by Crippen LogP contribution is -2.45. The van der Waals surface area contributed by atoms with Crippen LogP contribution in [0.15, 0.2) is 18.2 Å². The van der Waals surface area contributed by atoms with Crippen molar-refractivity contribution in [2.75, 3.05) is 26.3 Å². The van der Waals surface area contributed by atoms with Gasteiger partial charge in [-0.3, -0.25) is 4.90 Å². The first-order chi connectivity index (χ1) is 9.22. The smallest absolute Gasteiger partial charge is 0.334 e. The first-order valence-corrected chi connectivity index (χ1v) is 6.54. The number of carboxylic acid groups (broad SMARTS) is 1. The molecule has 1 N–H and O–H groups in total. The molecule has 2 aliphatic heterocycles. The van der Waals surface area contributed by atoms with Gasteiger partial charge in [0.05, 0.1) is 13.2 Å². The topological polar surface area (TPSA) is 59.0 Å². The van der Waals surface area contributed by atoms with Crippen LogP contribution in [0.3, 0.4) is 0 Å². The Balaban J connectivity index is 1.66. The molecular weight excluding hydrogens is 246 g/mol. The van der Waals surface area contributed by atoms with Crippen molar-refractivity contribution in [1.82, 2.24) is 4.90 Å². The summed E-state index contributed by atoms with van der Waals surface area (Å²) in [6.07, 6.45) is 0.260. The minimum Gasteiger partial charge on any atom is -0.493 e. The summed E-state index contributed by atoms with van der Waals surface area (Å²) in [5.74, 6) is 0.0983. The average molecular weight is 263 g/mol. The maximum absolute atomic E-state index is 10.9. The molecule has 0 aromatic heterocycles. The number of benzene rings is 1. The Bertz CT molecular complexity index is 488. The summed E-state index contributed by atoms with van der Waals surface area (Å²) in [7, 11) is 0. The first kappa shape index (κ1) is 12.4. The second-order valence-corrected chi connectivity index (χ2v) is 4.97. The lowest BCUT2D eigenvalue weighted by molar-refractivity contribution is -0.156. The normalized spacial score (nSPS) is 22.8. The molecule has 0 amide bonds. The van der Waals surface area contributed by atoms with Gasteiger partial charge in [-0.25, -0.2) is 4.79 Å². The molecule has 5 nitrogen and oxygen atoms in total. The van der Waals surface area contributed by atoms with Gasteiger partial charge in [0.2, 0.25) is 0 Å². The van der Waals surface area contributed by atoms with Crippen molar-refractivity contribution >= 4 is 5.97 Å². The number of aliphatic carboxylic acids is 1. The van der Waals surface area contributed by atoms with E-state index in [1.807, 2.05) is 6.07 Å². The molecule has 102 valence electrons. The van der Waals surface area contributed by atoms with Crippen molar-refractivity contribution in [3.05, 3.63) is 29.3 Å². The van der Waals surface area contributed by atoms with E-state index in [1.54, 1.807) is 0 Å². The van der Waals surface area contributed by atoms with Crippen LogP contribution in [0.4, 0.5) is 0 Å². The van der Waals surface area contributed by atoms with Crippen LogP contribution >= 0.6 is 0 Å². The first-order valence-electron chi connectivity index (χ1n) is 6.54. The lowest BCUT2D eigenvalue weighted by Gasteiger charge is -2.30. The van der Waals surface area contributed by atoms with Gasteiger partial charge in [-0.2, -0.15) is 0 Å². The molecule has 0 aliphatic carbocycles. The fraction of sp³-hybridized carbons (Fsp3) is 0.500. The van der Waals surface area contributed by atoms with Crippen molar-refractivity contribution in [3.63, 3.8) is 0 Å². The van der Waals surface area contributed by atoms with Crippen molar-refractivity contribution in [1.29, 1.82) is 0 Å². The van der Waals surface area contributed by atoms with Crippen molar-refractivity contribution in [2.45, 2.75) is 19.1 Å². The predicted molar refractivity (Wildman–Crippen MR) is 68.3 cm³/mol. The van der Waals surface area contributed by atoms with Crippen LogP contribution in [-0.2, 0) is 22.5 Å². The summed E-state index contributed by atoms with van der Waals surface area (Å²) >= 11 is 0. The van der Waals surface area contributed by atoms with Crippen LogP contribution in [0, 0.1) is 0 Å². The van der Waals surface area contributed by atoms with Gasteiger partial charge in [-0.05, 0) is 17.2 Å². The van der Waals surface area contributed by atoms with E-state index in [2.05, 4.69) is 17.0 Å². The van der Waals surface area contributed by atoms with Gasteiger partial charge in [-0.15, -0.1) is 0 Å². The molecule has 0 unspecified atom stereocenters. The van der Waals surface area contributed by atoms with E-state index >= 15 is 0 Å². The molecule has 0 spiro atoms. The summed E-state index contributed by atoms with van der Waals surface area (Å²) in [6, 6.07) is 6.22. The van der Waals surface area contributed by atoms with E-state index in [-0.39, 0.29) is 0 Å². The number of fused-ring (bicyclic) bond motifs is 1. The van der Waals surface area contributed by atoms with Gasteiger partial charge in [0, 0.05) is 26.1 Å². The lowest BCUT2D eigenvalue weighted by atomic mass is 10.1. The van der Waals surface area contributed by atoms with Crippen LogP contribution in [-0.4, -0.2) is 48.4 Å². The number of hydrogen-bond acceptors (Lipinski definition) is 4. The fourth-order valence-corrected chi connectivity index (χ4v) is 2.59. The third-order valence-corrected chi connectivity index (χ3v) is 3.59. The molecule has 1 atom stereocenters. The second-order valence-electron chi connectivity index (χ2n) is 4.97. The number of rotatable bonds is 3. The zero-order chi connectivity index (χ0) is 13.2. The summed E-state index contributed by atoms with van der Waals surface area (Å²) in [6.45, 7) is 3.23. The maximum atomic E-state index is 10.9. The molecule has 1 fully saturated rings. The van der Waals surface area contributed by atoms with E-state index in [0.29, 0.717) is 13.2 Å². The number of carbonyl (C=O) groups is 1. The molecule has 5 heteroatoms. The molecule has 1 aromatic carbocycles.